The molecule has 7 heteroatoms. The van der Waals surface area contributed by atoms with Crippen molar-refractivity contribution in [2.24, 2.45) is 0 Å². The molecule has 2 rings (SSSR count). The summed E-state index contributed by atoms with van der Waals surface area (Å²) in [5.74, 6) is 0. The van der Waals surface area contributed by atoms with E-state index in [9.17, 15) is 8.42 Å². The summed E-state index contributed by atoms with van der Waals surface area (Å²) >= 11 is 5.81. The van der Waals surface area contributed by atoms with Gasteiger partial charge in [0.05, 0.1) is 5.69 Å². The van der Waals surface area contributed by atoms with E-state index in [1.54, 1.807) is 6.07 Å². The van der Waals surface area contributed by atoms with Crippen molar-refractivity contribution in [1.82, 2.24) is 9.21 Å². The summed E-state index contributed by atoms with van der Waals surface area (Å²) < 4.78 is 26.7. The molecule has 2 N–H and O–H groups in total. The molecule has 0 spiro atoms. The Hall–Kier alpha value is -0.820. The molecular formula is C13H20ClN3O2S. The lowest BCUT2D eigenvalue weighted by molar-refractivity contribution is 0.154. The van der Waals surface area contributed by atoms with Gasteiger partial charge in [0.1, 0.15) is 4.90 Å². The van der Waals surface area contributed by atoms with E-state index in [0.717, 1.165) is 13.1 Å². The van der Waals surface area contributed by atoms with Crippen LogP contribution in [-0.4, -0.2) is 49.8 Å². The van der Waals surface area contributed by atoms with Gasteiger partial charge in [0.25, 0.3) is 0 Å². The fourth-order valence-electron chi connectivity index (χ4n) is 2.35. The van der Waals surface area contributed by atoms with Crippen molar-refractivity contribution in [2.45, 2.75) is 24.8 Å². The van der Waals surface area contributed by atoms with Crippen LogP contribution in [0.5, 0.6) is 0 Å². The summed E-state index contributed by atoms with van der Waals surface area (Å²) in [5, 5.41) is 0.436. The number of piperazine rings is 1. The Morgan fingerprint density at radius 2 is 1.80 bits per heavy atom. The normalized spacial score (nSPS) is 18.6. The Labute approximate surface area is 125 Å². The van der Waals surface area contributed by atoms with Crippen molar-refractivity contribution in [3.05, 3.63) is 23.2 Å². The molecule has 20 heavy (non-hydrogen) atoms. The number of nitrogens with two attached hydrogens (primary N) is 1. The Kier molecular flexibility index (Phi) is 4.59. The van der Waals surface area contributed by atoms with Crippen molar-refractivity contribution < 1.29 is 8.42 Å². The zero-order chi connectivity index (χ0) is 14.9. The second-order valence-corrected chi connectivity index (χ2v) is 7.56. The maximum absolute atomic E-state index is 12.6. The highest BCUT2D eigenvalue weighted by molar-refractivity contribution is 7.89. The van der Waals surface area contributed by atoms with Gasteiger partial charge < -0.3 is 5.73 Å². The van der Waals surface area contributed by atoms with Gasteiger partial charge in [0.2, 0.25) is 10.0 Å². The van der Waals surface area contributed by atoms with Crippen LogP contribution in [0.3, 0.4) is 0 Å². The highest BCUT2D eigenvalue weighted by atomic mass is 35.5. The first-order valence-corrected chi connectivity index (χ1v) is 8.43. The molecule has 112 valence electrons. The molecule has 1 aliphatic heterocycles. The molecule has 0 radical (unpaired) electrons. The van der Waals surface area contributed by atoms with Gasteiger partial charge in [-0.3, -0.25) is 4.90 Å². The van der Waals surface area contributed by atoms with Crippen molar-refractivity contribution in [1.29, 1.82) is 0 Å². The van der Waals surface area contributed by atoms with Gasteiger partial charge in [-0.1, -0.05) is 11.6 Å². The van der Waals surface area contributed by atoms with Crippen LogP contribution in [0, 0.1) is 0 Å². The van der Waals surface area contributed by atoms with Crippen molar-refractivity contribution in [2.75, 3.05) is 31.9 Å². The number of nitrogens with zero attached hydrogens (tertiary/aromatic N) is 2. The Morgan fingerprint density at radius 1 is 1.20 bits per heavy atom. The van der Waals surface area contributed by atoms with Crippen LogP contribution >= 0.6 is 11.6 Å². The minimum absolute atomic E-state index is 0.139. The summed E-state index contributed by atoms with van der Waals surface area (Å²) in [4.78, 5) is 2.40. The van der Waals surface area contributed by atoms with Crippen LogP contribution in [0.15, 0.2) is 23.1 Å². The standard InChI is InChI=1S/C13H20ClN3O2S/c1-10(2)16-5-7-17(8-6-16)20(18,19)13-4-3-11(14)9-12(13)15/h3-4,9-10H,5-8,15H2,1-2H3. The molecule has 0 aliphatic carbocycles. The predicted octanol–water partition coefficient (Wildman–Crippen LogP) is 1.64. The third-order valence-corrected chi connectivity index (χ3v) is 5.80. The molecule has 1 saturated heterocycles. The van der Waals surface area contributed by atoms with Crippen LogP contribution in [0.1, 0.15) is 13.8 Å². The number of halogens is 1. The maximum Gasteiger partial charge on any atom is 0.245 e. The third kappa shape index (κ3) is 3.09. The van der Waals surface area contributed by atoms with Crippen LogP contribution in [-0.2, 0) is 10.0 Å². The fraction of sp³-hybridized carbons (Fsp3) is 0.538. The van der Waals surface area contributed by atoms with E-state index in [-0.39, 0.29) is 10.6 Å². The Balaban J connectivity index is 2.20. The number of hydrogen-bond donors (Lipinski definition) is 1. The quantitative estimate of drug-likeness (QED) is 0.861. The first-order chi connectivity index (χ1) is 9.32. The predicted molar refractivity (Wildman–Crippen MR) is 81.3 cm³/mol. The van der Waals surface area contributed by atoms with E-state index in [0.29, 0.717) is 24.2 Å². The molecule has 0 amide bonds. The first kappa shape index (κ1) is 15.6. The minimum atomic E-state index is -3.54. The zero-order valence-electron chi connectivity index (χ0n) is 11.7. The molecule has 1 aromatic carbocycles. The van der Waals surface area contributed by atoms with Crippen molar-refractivity contribution in [3.8, 4) is 0 Å². The molecule has 1 aliphatic rings. The number of benzene rings is 1. The lowest BCUT2D eigenvalue weighted by Crippen LogP contribution is -2.50. The SMILES string of the molecule is CC(C)N1CCN(S(=O)(=O)c2ccc(Cl)cc2N)CC1. The number of rotatable bonds is 3. The Morgan fingerprint density at radius 3 is 2.30 bits per heavy atom. The van der Waals surface area contributed by atoms with E-state index >= 15 is 0 Å². The molecule has 0 unspecified atom stereocenters. The molecule has 1 heterocycles. The van der Waals surface area contributed by atoms with Crippen molar-refractivity contribution in [3.63, 3.8) is 0 Å². The van der Waals surface area contributed by atoms with Crippen LogP contribution in [0.2, 0.25) is 5.02 Å². The smallest absolute Gasteiger partial charge is 0.245 e. The summed E-state index contributed by atoms with van der Waals surface area (Å²) in [7, 11) is -3.54. The second-order valence-electron chi connectivity index (χ2n) is 5.22. The average molecular weight is 318 g/mol. The van der Waals surface area contributed by atoms with Crippen LogP contribution in [0.25, 0.3) is 0 Å². The summed E-state index contributed by atoms with van der Waals surface area (Å²) in [6, 6.07) is 4.93. The number of hydrogen-bond acceptors (Lipinski definition) is 4. The van der Waals surface area contributed by atoms with Crippen molar-refractivity contribution >= 4 is 27.3 Å². The van der Waals surface area contributed by atoms with Crippen LogP contribution in [0.4, 0.5) is 5.69 Å². The molecular weight excluding hydrogens is 298 g/mol. The lowest BCUT2D eigenvalue weighted by atomic mass is 10.3. The van der Waals surface area contributed by atoms with Gasteiger partial charge in [-0.25, -0.2) is 8.42 Å². The first-order valence-electron chi connectivity index (χ1n) is 6.61. The molecule has 1 fully saturated rings. The Bertz CT molecular complexity index is 581. The van der Waals surface area contributed by atoms with Gasteiger partial charge in [-0.2, -0.15) is 4.31 Å². The molecule has 5 nitrogen and oxygen atoms in total. The van der Waals surface area contributed by atoms with E-state index in [1.807, 2.05) is 0 Å². The third-order valence-electron chi connectivity index (χ3n) is 3.59. The number of anilines is 1. The molecule has 0 aromatic heterocycles. The average Bonchev–Trinajstić information content (AvgIpc) is 2.38. The maximum atomic E-state index is 12.6. The molecule has 0 atom stereocenters. The summed E-state index contributed by atoms with van der Waals surface area (Å²) in [6.45, 7) is 6.68. The van der Waals surface area contributed by atoms with E-state index < -0.39 is 10.0 Å². The molecule has 0 bridgehead atoms. The van der Waals surface area contributed by atoms with E-state index in [1.165, 1.54) is 16.4 Å². The fourth-order valence-corrected chi connectivity index (χ4v) is 4.05. The second kappa shape index (κ2) is 5.89. The van der Waals surface area contributed by atoms with Gasteiger partial charge in [-0.05, 0) is 32.0 Å². The molecule has 0 saturated carbocycles. The van der Waals surface area contributed by atoms with Gasteiger partial charge in [0.15, 0.2) is 0 Å². The largest absolute Gasteiger partial charge is 0.398 e. The molecule has 1 aromatic rings. The van der Waals surface area contributed by atoms with E-state index in [4.69, 9.17) is 17.3 Å². The number of sulfonamides is 1. The summed E-state index contributed by atoms with van der Waals surface area (Å²) in [5.41, 5.74) is 5.99. The lowest BCUT2D eigenvalue weighted by Gasteiger charge is -2.36. The van der Waals surface area contributed by atoms with Crippen LogP contribution < -0.4 is 5.73 Å². The minimum Gasteiger partial charge on any atom is -0.398 e. The van der Waals surface area contributed by atoms with Gasteiger partial charge >= 0.3 is 0 Å². The topological polar surface area (TPSA) is 66.6 Å². The highest BCUT2D eigenvalue weighted by Crippen LogP contribution is 2.26. The summed E-state index contributed by atoms with van der Waals surface area (Å²) in [6.07, 6.45) is 0. The number of nitrogen functional groups attached to an aromatic ring is 1. The van der Waals surface area contributed by atoms with Gasteiger partial charge in [-0.15, -0.1) is 0 Å². The van der Waals surface area contributed by atoms with E-state index in [2.05, 4.69) is 18.7 Å². The van der Waals surface area contributed by atoms with Gasteiger partial charge in [0, 0.05) is 37.2 Å². The highest BCUT2D eigenvalue weighted by Gasteiger charge is 2.30. The monoisotopic (exact) mass is 317 g/mol. The zero-order valence-corrected chi connectivity index (χ0v) is 13.3.